The third-order valence-corrected chi connectivity index (χ3v) is 4.37. The van der Waals surface area contributed by atoms with Gasteiger partial charge >= 0.3 is 0 Å². The quantitative estimate of drug-likeness (QED) is 0.804. The van der Waals surface area contributed by atoms with Gasteiger partial charge in [-0.3, -0.25) is 0 Å². The van der Waals surface area contributed by atoms with Crippen molar-refractivity contribution < 1.29 is 5.11 Å². The summed E-state index contributed by atoms with van der Waals surface area (Å²) in [5.74, 6) is 1.14. The predicted octanol–water partition coefficient (Wildman–Crippen LogP) is 3.40. The van der Waals surface area contributed by atoms with E-state index in [1.807, 2.05) is 13.0 Å². The summed E-state index contributed by atoms with van der Waals surface area (Å²) in [7, 11) is 0. The standard InChI is InChI=1S/C10H13ClOS/c1-5-3-7(5)9(12)8-4-6(2)10(11)13-8/h4-5,7,9,12H,3H2,1-2H3. The van der Waals surface area contributed by atoms with Crippen molar-refractivity contribution in [2.75, 3.05) is 0 Å². The highest BCUT2D eigenvalue weighted by Crippen LogP contribution is 2.48. The molecule has 0 radical (unpaired) electrons. The van der Waals surface area contributed by atoms with Gasteiger partial charge in [0.2, 0.25) is 0 Å². The van der Waals surface area contributed by atoms with Crippen molar-refractivity contribution in [3.63, 3.8) is 0 Å². The Kier molecular flexibility index (Phi) is 2.39. The topological polar surface area (TPSA) is 20.2 Å². The monoisotopic (exact) mass is 216 g/mol. The van der Waals surface area contributed by atoms with Crippen LogP contribution in [-0.4, -0.2) is 5.11 Å². The van der Waals surface area contributed by atoms with E-state index in [4.69, 9.17) is 11.6 Å². The SMILES string of the molecule is Cc1cc(C(O)C2CC2C)sc1Cl. The van der Waals surface area contributed by atoms with E-state index >= 15 is 0 Å². The fourth-order valence-corrected chi connectivity index (χ4v) is 2.91. The molecule has 0 bridgehead atoms. The summed E-state index contributed by atoms with van der Waals surface area (Å²) in [5.41, 5.74) is 1.08. The van der Waals surface area contributed by atoms with Crippen LogP contribution in [0.2, 0.25) is 4.34 Å². The molecule has 3 unspecified atom stereocenters. The fraction of sp³-hybridized carbons (Fsp3) is 0.600. The average Bonchev–Trinajstić information content (AvgIpc) is 2.70. The molecule has 1 saturated carbocycles. The van der Waals surface area contributed by atoms with Gasteiger partial charge < -0.3 is 5.11 Å². The Morgan fingerprint density at radius 2 is 2.31 bits per heavy atom. The first-order chi connectivity index (χ1) is 6.09. The minimum Gasteiger partial charge on any atom is -0.387 e. The van der Waals surface area contributed by atoms with Crippen LogP contribution in [0, 0.1) is 18.8 Å². The van der Waals surface area contributed by atoms with Gasteiger partial charge in [-0.2, -0.15) is 0 Å². The van der Waals surface area contributed by atoms with E-state index < -0.39 is 0 Å². The molecule has 1 nitrogen and oxygen atoms in total. The molecule has 1 aromatic heterocycles. The lowest BCUT2D eigenvalue weighted by molar-refractivity contribution is 0.152. The first kappa shape index (κ1) is 9.50. The third kappa shape index (κ3) is 1.76. The van der Waals surface area contributed by atoms with E-state index in [9.17, 15) is 5.11 Å². The molecule has 3 atom stereocenters. The number of aryl methyl sites for hydroxylation is 1. The van der Waals surface area contributed by atoms with Crippen molar-refractivity contribution in [2.24, 2.45) is 11.8 Å². The van der Waals surface area contributed by atoms with Crippen molar-refractivity contribution >= 4 is 22.9 Å². The zero-order valence-electron chi connectivity index (χ0n) is 7.75. The Balaban J connectivity index is 2.16. The van der Waals surface area contributed by atoms with Gasteiger partial charge in [-0.05, 0) is 36.8 Å². The van der Waals surface area contributed by atoms with Crippen molar-refractivity contribution in [3.8, 4) is 0 Å². The maximum absolute atomic E-state index is 9.92. The summed E-state index contributed by atoms with van der Waals surface area (Å²) in [6.45, 7) is 4.15. The number of hydrogen-bond donors (Lipinski definition) is 1. The van der Waals surface area contributed by atoms with Crippen LogP contribution in [0.15, 0.2) is 6.07 Å². The van der Waals surface area contributed by atoms with Crippen LogP contribution in [0.5, 0.6) is 0 Å². The van der Waals surface area contributed by atoms with E-state index in [-0.39, 0.29) is 6.10 Å². The smallest absolute Gasteiger partial charge is 0.0961 e. The number of rotatable bonds is 2. The summed E-state index contributed by atoms with van der Waals surface area (Å²) >= 11 is 7.45. The van der Waals surface area contributed by atoms with E-state index in [0.717, 1.165) is 21.2 Å². The van der Waals surface area contributed by atoms with Gasteiger partial charge in [-0.1, -0.05) is 18.5 Å². The van der Waals surface area contributed by atoms with Crippen molar-refractivity contribution in [1.29, 1.82) is 0 Å². The second-order valence-electron chi connectivity index (χ2n) is 3.93. The predicted molar refractivity (Wildman–Crippen MR) is 56.3 cm³/mol. The number of hydrogen-bond acceptors (Lipinski definition) is 2. The van der Waals surface area contributed by atoms with Gasteiger partial charge in [-0.15, -0.1) is 11.3 Å². The highest BCUT2D eigenvalue weighted by Gasteiger charge is 2.40. The normalized spacial score (nSPS) is 28.9. The number of aliphatic hydroxyl groups excluding tert-OH is 1. The number of thiophene rings is 1. The molecule has 1 fully saturated rings. The van der Waals surface area contributed by atoms with Crippen molar-refractivity contribution in [1.82, 2.24) is 0 Å². The number of aliphatic hydroxyl groups is 1. The van der Waals surface area contributed by atoms with E-state index in [1.54, 1.807) is 0 Å². The van der Waals surface area contributed by atoms with E-state index in [1.165, 1.54) is 11.3 Å². The minimum absolute atomic E-state index is 0.286. The Morgan fingerprint density at radius 1 is 1.69 bits per heavy atom. The van der Waals surface area contributed by atoms with Gasteiger partial charge in [0.1, 0.15) is 0 Å². The van der Waals surface area contributed by atoms with Crippen LogP contribution in [-0.2, 0) is 0 Å². The summed E-state index contributed by atoms with van der Waals surface area (Å²) < 4.78 is 0.808. The molecule has 1 aliphatic rings. The second-order valence-corrected chi connectivity index (χ2v) is 5.61. The van der Waals surface area contributed by atoms with Gasteiger partial charge in [0.15, 0.2) is 0 Å². The molecular formula is C10H13ClOS. The molecule has 2 rings (SSSR count). The van der Waals surface area contributed by atoms with Crippen molar-refractivity contribution in [2.45, 2.75) is 26.4 Å². The summed E-state index contributed by atoms with van der Waals surface area (Å²) in [4.78, 5) is 1.02. The first-order valence-corrected chi connectivity index (χ1v) is 5.73. The Labute approximate surface area is 87.4 Å². The Hall–Kier alpha value is -0.0500. The van der Waals surface area contributed by atoms with Crippen molar-refractivity contribution in [3.05, 3.63) is 20.8 Å². The fourth-order valence-electron chi connectivity index (χ4n) is 1.63. The van der Waals surface area contributed by atoms with E-state index in [2.05, 4.69) is 6.92 Å². The molecule has 13 heavy (non-hydrogen) atoms. The molecule has 1 N–H and O–H groups in total. The Morgan fingerprint density at radius 3 is 2.69 bits per heavy atom. The lowest BCUT2D eigenvalue weighted by Crippen LogP contribution is -1.97. The van der Waals surface area contributed by atoms with Gasteiger partial charge in [0.05, 0.1) is 10.4 Å². The largest absolute Gasteiger partial charge is 0.387 e. The molecule has 0 amide bonds. The highest BCUT2D eigenvalue weighted by atomic mass is 35.5. The molecule has 0 saturated heterocycles. The average molecular weight is 217 g/mol. The maximum atomic E-state index is 9.92. The summed E-state index contributed by atoms with van der Waals surface area (Å²) in [5, 5.41) is 9.92. The lowest BCUT2D eigenvalue weighted by atomic mass is 10.1. The van der Waals surface area contributed by atoms with Gasteiger partial charge in [0.25, 0.3) is 0 Å². The first-order valence-electron chi connectivity index (χ1n) is 4.53. The van der Waals surface area contributed by atoms with Crippen LogP contribution in [0.4, 0.5) is 0 Å². The molecule has 1 aromatic rings. The minimum atomic E-state index is -0.286. The van der Waals surface area contributed by atoms with Gasteiger partial charge in [-0.25, -0.2) is 0 Å². The highest BCUT2D eigenvalue weighted by molar-refractivity contribution is 7.16. The van der Waals surface area contributed by atoms with Crippen LogP contribution in [0.25, 0.3) is 0 Å². The molecule has 3 heteroatoms. The maximum Gasteiger partial charge on any atom is 0.0961 e. The summed E-state index contributed by atoms with van der Waals surface area (Å²) in [6.07, 6.45) is 0.863. The zero-order valence-corrected chi connectivity index (χ0v) is 9.32. The molecule has 0 spiro atoms. The van der Waals surface area contributed by atoms with Crippen LogP contribution in [0.3, 0.4) is 0 Å². The molecule has 1 heterocycles. The molecule has 1 aliphatic carbocycles. The summed E-state index contributed by atoms with van der Waals surface area (Å²) in [6, 6.07) is 2.00. The Bertz CT molecular complexity index is 301. The van der Waals surface area contributed by atoms with Gasteiger partial charge in [0, 0.05) is 4.88 Å². The number of halogens is 1. The van der Waals surface area contributed by atoms with E-state index in [0.29, 0.717) is 11.8 Å². The molecule has 72 valence electrons. The van der Waals surface area contributed by atoms with Crippen LogP contribution < -0.4 is 0 Å². The molecule has 0 aromatic carbocycles. The lowest BCUT2D eigenvalue weighted by Gasteiger charge is -2.05. The third-order valence-electron chi connectivity index (χ3n) is 2.75. The van der Waals surface area contributed by atoms with Crippen LogP contribution in [0.1, 0.15) is 29.9 Å². The molecular weight excluding hydrogens is 204 g/mol. The zero-order chi connectivity index (χ0) is 9.59. The second kappa shape index (κ2) is 3.26. The van der Waals surface area contributed by atoms with Crippen LogP contribution >= 0.6 is 22.9 Å². The molecule has 0 aliphatic heterocycles.